The maximum atomic E-state index is 4.01. The molecule has 2 aliphatic rings. The van der Waals surface area contributed by atoms with Crippen LogP contribution in [0.4, 0.5) is 0 Å². The lowest BCUT2D eigenvalue weighted by atomic mass is 10.0. The van der Waals surface area contributed by atoms with Gasteiger partial charge in [0.2, 0.25) is 0 Å². The Morgan fingerprint density at radius 3 is 1.52 bits per heavy atom. The van der Waals surface area contributed by atoms with E-state index in [2.05, 4.69) is 62.6 Å². The Morgan fingerprint density at radius 2 is 1.00 bits per heavy atom. The molecule has 2 heteroatoms. The first-order chi connectivity index (χ1) is 10.2. The molecule has 0 amide bonds. The van der Waals surface area contributed by atoms with Gasteiger partial charge in [-0.15, -0.1) is 0 Å². The van der Waals surface area contributed by atoms with E-state index in [4.69, 9.17) is 0 Å². The second-order valence-electron chi connectivity index (χ2n) is 6.07. The molecule has 0 bridgehead atoms. The molecule has 2 nitrogen and oxygen atoms in total. The first-order valence-electron chi connectivity index (χ1n) is 7.69. The van der Waals surface area contributed by atoms with E-state index in [-0.39, 0.29) is 14.9 Å². The third-order valence-electron chi connectivity index (χ3n) is 4.31. The molecule has 1 unspecified atom stereocenters. The molecule has 0 saturated carbocycles. The van der Waals surface area contributed by atoms with Gasteiger partial charge in [-0.2, -0.15) is 14.1 Å². The van der Waals surface area contributed by atoms with Crippen molar-refractivity contribution in [2.45, 2.75) is 40.9 Å². The van der Waals surface area contributed by atoms with E-state index in [0.29, 0.717) is 0 Å². The summed E-state index contributed by atoms with van der Waals surface area (Å²) in [5.74, 6) is 0. The van der Waals surface area contributed by atoms with Crippen LogP contribution in [0.2, 0.25) is 0 Å². The van der Waals surface area contributed by atoms with Gasteiger partial charge in [-0.1, -0.05) is 63.4 Å². The third kappa shape index (κ3) is 4.92. The largest absolute Gasteiger partial charge is 0.464 e. The number of nitrogens with one attached hydrogen (secondary N) is 2. The van der Waals surface area contributed by atoms with E-state index in [1.807, 2.05) is 0 Å². The van der Waals surface area contributed by atoms with Gasteiger partial charge in [-0.25, -0.2) is 0 Å². The zero-order valence-corrected chi connectivity index (χ0v) is 12.6. The minimum absolute atomic E-state index is 0. The van der Waals surface area contributed by atoms with Gasteiger partial charge in [-0.05, 0) is 5.56 Å². The van der Waals surface area contributed by atoms with Gasteiger partial charge in [0.25, 0.3) is 0 Å². The lowest BCUT2D eigenvalue weighted by Gasteiger charge is -2.27. The fourth-order valence-corrected chi connectivity index (χ4v) is 3.15. The predicted octanol–water partition coefficient (Wildman–Crippen LogP) is 2.07. The highest BCUT2D eigenvalue weighted by atomic mass is 15.1. The quantitative estimate of drug-likeness (QED) is 0.689. The van der Waals surface area contributed by atoms with Crippen molar-refractivity contribution in [1.29, 1.82) is 0 Å². The third-order valence-corrected chi connectivity index (χ3v) is 4.31. The summed E-state index contributed by atoms with van der Waals surface area (Å²) >= 11 is 0. The van der Waals surface area contributed by atoms with Crippen LogP contribution in [0.5, 0.6) is 0 Å². The number of hydrogen-bond acceptors (Lipinski definition) is 0. The zero-order chi connectivity index (χ0) is 14.7. The van der Waals surface area contributed by atoms with Crippen LogP contribution in [0.3, 0.4) is 0 Å². The summed E-state index contributed by atoms with van der Waals surface area (Å²) in [6.07, 6.45) is 1.19. The van der Waals surface area contributed by atoms with Crippen LogP contribution in [0, 0.1) is 14.1 Å². The first kappa shape index (κ1) is 19.4. The molecule has 0 spiro atoms. The molecule has 2 aromatic carbocycles. The second kappa shape index (κ2) is 8.85. The molecule has 126 valence electrons. The fraction of sp³-hybridized carbons (Fsp3) is 0.333. The number of benzene rings is 2. The normalized spacial score (nSPS) is 18.4. The van der Waals surface area contributed by atoms with E-state index >= 15 is 0 Å². The fourth-order valence-electron chi connectivity index (χ4n) is 3.15. The standard InChI is InChI=1S/C10H13N.C9H11N.2CH4/c1-11-7-6-9-4-2-3-5-10(9)8-11;1-10-6-8-4-2-3-5-9(8)7-10;;/h2-5,11H,1,6-8H2;2-5,10H,1,6-7H2;2*1H4. The first-order valence-corrected chi connectivity index (χ1v) is 7.69. The Bertz CT molecular complexity index is 581. The highest BCUT2D eigenvalue weighted by molar-refractivity contribution is 5.28. The Kier molecular flexibility index (Phi) is 7.47. The van der Waals surface area contributed by atoms with Crippen LogP contribution < -0.4 is 9.80 Å². The van der Waals surface area contributed by atoms with Gasteiger partial charge in [0.05, 0.1) is 26.2 Å². The molecular weight excluding hydrogens is 280 g/mol. The van der Waals surface area contributed by atoms with Crippen LogP contribution in [0.1, 0.15) is 37.1 Å². The predicted molar refractivity (Wildman–Crippen MR) is 98.7 cm³/mol. The van der Waals surface area contributed by atoms with Crippen LogP contribution in [0.15, 0.2) is 48.5 Å². The molecule has 2 N–H and O–H groups in total. The lowest BCUT2D eigenvalue weighted by molar-refractivity contribution is -0.874. The van der Waals surface area contributed by atoms with Crippen molar-refractivity contribution < 1.29 is 9.80 Å². The molecule has 2 aliphatic heterocycles. The summed E-state index contributed by atoms with van der Waals surface area (Å²) in [5.41, 5.74) is 5.92. The van der Waals surface area contributed by atoms with Gasteiger partial charge in [0.1, 0.15) is 0 Å². The van der Waals surface area contributed by atoms with Gasteiger partial charge in [0, 0.05) is 23.1 Å². The molecule has 0 saturated heterocycles. The topological polar surface area (TPSA) is 8.88 Å². The average molecular weight is 313 g/mol. The second-order valence-corrected chi connectivity index (χ2v) is 6.07. The lowest BCUT2D eigenvalue weighted by Crippen LogP contribution is -3.06. The van der Waals surface area contributed by atoms with Gasteiger partial charge in [-0.3, -0.25) is 0 Å². The van der Waals surface area contributed by atoms with Crippen molar-refractivity contribution in [1.82, 2.24) is 0 Å². The summed E-state index contributed by atoms with van der Waals surface area (Å²) in [6.45, 7) is 4.46. The number of fused-ring (bicyclic) bond motifs is 2. The van der Waals surface area contributed by atoms with E-state index < -0.39 is 0 Å². The molecule has 0 aliphatic carbocycles. The zero-order valence-electron chi connectivity index (χ0n) is 12.6. The minimum Gasteiger partial charge on any atom is -0.464 e. The SMILES string of the molecule is C.C.[CH2-][NH+]1CCc2ccccc2C1.[CH2-][NH+]1Cc2ccccc2C1. The molecule has 0 aromatic heterocycles. The summed E-state index contributed by atoms with van der Waals surface area (Å²) in [5, 5.41) is 0. The molecular formula is C21H32N2. The van der Waals surface area contributed by atoms with Crippen molar-refractivity contribution >= 4 is 0 Å². The van der Waals surface area contributed by atoms with Gasteiger partial charge >= 0.3 is 0 Å². The van der Waals surface area contributed by atoms with Crippen LogP contribution in [0.25, 0.3) is 0 Å². The molecule has 2 heterocycles. The van der Waals surface area contributed by atoms with Crippen molar-refractivity contribution in [3.63, 3.8) is 0 Å². The number of hydrogen-bond donors (Lipinski definition) is 2. The van der Waals surface area contributed by atoms with Gasteiger partial charge in [0.15, 0.2) is 0 Å². The Morgan fingerprint density at radius 1 is 0.609 bits per heavy atom. The average Bonchev–Trinajstić information content (AvgIpc) is 2.88. The maximum absolute atomic E-state index is 4.01. The molecule has 2 aromatic rings. The maximum Gasteiger partial charge on any atom is 0.0795 e. The number of rotatable bonds is 0. The van der Waals surface area contributed by atoms with Crippen LogP contribution >= 0.6 is 0 Å². The smallest absolute Gasteiger partial charge is 0.0795 e. The Balaban J connectivity index is 0.000000212. The summed E-state index contributed by atoms with van der Waals surface area (Å²) in [4.78, 5) is 2.73. The molecule has 0 radical (unpaired) electrons. The van der Waals surface area contributed by atoms with Gasteiger partial charge < -0.3 is 9.80 Å². The Hall–Kier alpha value is -1.64. The highest BCUT2D eigenvalue weighted by Gasteiger charge is 2.13. The van der Waals surface area contributed by atoms with Crippen molar-refractivity contribution in [2.24, 2.45) is 0 Å². The van der Waals surface area contributed by atoms with Crippen LogP contribution in [-0.2, 0) is 26.1 Å². The molecule has 4 rings (SSSR count). The Labute approximate surface area is 142 Å². The molecule has 23 heavy (non-hydrogen) atoms. The number of quaternary nitrogens is 2. The molecule has 0 fully saturated rings. The summed E-state index contributed by atoms with van der Waals surface area (Å²) in [6, 6.07) is 17.2. The van der Waals surface area contributed by atoms with E-state index in [0.717, 1.165) is 19.6 Å². The van der Waals surface area contributed by atoms with E-state index in [9.17, 15) is 0 Å². The summed E-state index contributed by atoms with van der Waals surface area (Å²) in [7, 11) is 7.98. The minimum atomic E-state index is 0. The van der Waals surface area contributed by atoms with Crippen molar-refractivity contribution in [3.05, 3.63) is 84.9 Å². The van der Waals surface area contributed by atoms with Crippen molar-refractivity contribution in [2.75, 3.05) is 6.54 Å². The summed E-state index contributed by atoms with van der Waals surface area (Å²) < 4.78 is 0. The molecule has 1 atom stereocenters. The van der Waals surface area contributed by atoms with Crippen LogP contribution in [-0.4, -0.2) is 6.54 Å². The van der Waals surface area contributed by atoms with E-state index in [1.54, 1.807) is 0 Å². The highest BCUT2D eigenvalue weighted by Crippen LogP contribution is 2.10. The van der Waals surface area contributed by atoms with Crippen molar-refractivity contribution in [3.8, 4) is 0 Å². The van der Waals surface area contributed by atoms with E-state index in [1.165, 1.54) is 45.0 Å². The monoisotopic (exact) mass is 312 g/mol.